The highest BCUT2D eigenvalue weighted by atomic mass is 16.1. The highest BCUT2D eigenvalue weighted by Crippen LogP contribution is 2.46. The predicted octanol–water partition coefficient (Wildman–Crippen LogP) is 4.50. The van der Waals surface area contributed by atoms with Crippen LogP contribution in [0.15, 0.2) is 0 Å². The lowest BCUT2D eigenvalue weighted by Crippen LogP contribution is -2.40. The van der Waals surface area contributed by atoms with Crippen LogP contribution in [0.1, 0.15) is 78.1 Å². The van der Waals surface area contributed by atoms with Crippen LogP contribution in [0.3, 0.4) is 0 Å². The van der Waals surface area contributed by atoms with E-state index in [1.807, 2.05) is 0 Å². The predicted molar refractivity (Wildman–Crippen MR) is 65.0 cm³/mol. The van der Waals surface area contributed by atoms with Gasteiger partial charge in [-0.1, -0.05) is 52.4 Å². The van der Waals surface area contributed by atoms with Gasteiger partial charge < -0.3 is 0 Å². The molecule has 0 aromatic heterocycles. The van der Waals surface area contributed by atoms with E-state index in [9.17, 15) is 4.79 Å². The van der Waals surface area contributed by atoms with Gasteiger partial charge in [-0.3, -0.25) is 4.79 Å². The summed E-state index contributed by atoms with van der Waals surface area (Å²) in [7, 11) is 0. The highest BCUT2D eigenvalue weighted by molar-refractivity contribution is 5.90. The second kappa shape index (κ2) is 6.30. The Labute approximate surface area is 94.6 Å². The average molecular weight is 210 g/mol. The summed E-state index contributed by atoms with van der Waals surface area (Å²) >= 11 is 0. The second-order valence-electron chi connectivity index (χ2n) is 5.12. The van der Waals surface area contributed by atoms with E-state index in [0.717, 1.165) is 6.42 Å². The van der Waals surface area contributed by atoms with Crippen LogP contribution in [-0.2, 0) is 4.79 Å². The minimum absolute atomic E-state index is 0.143. The number of Topliss-reactive ketones (excluding diaryl/α,β-unsaturated/α-hetero) is 1. The van der Waals surface area contributed by atoms with Gasteiger partial charge in [-0.25, -0.2) is 0 Å². The quantitative estimate of drug-likeness (QED) is 0.539. The summed E-state index contributed by atoms with van der Waals surface area (Å²) in [5.41, 5.74) is 0.143. The molecule has 1 saturated carbocycles. The number of hydrogen-bond acceptors (Lipinski definition) is 1. The maximum Gasteiger partial charge on any atom is 0.139 e. The Balaban J connectivity index is 2.30. The Kier molecular flexibility index (Phi) is 5.35. The largest absolute Gasteiger partial charge is 0.299 e. The second-order valence-corrected chi connectivity index (χ2v) is 5.12. The summed E-state index contributed by atoms with van der Waals surface area (Å²) in [6.45, 7) is 4.46. The van der Waals surface area contributed by atoms with Crippen LogP contribution in [0.25, 0.3) is 0 Å². The van der Waals surface area contributed by atoms with Gasteiger partial charge in [-0.05, 0) is 19.3 Å². The number of carbonyl (C=O) groups excluding carboxylic acids is 1. The van der Waals surface area contributed by atoms with Crippen LogP contribution >= 0.6 is 0 Å². The van der Waals surface area contributed by atoms with Crippen molar-refractivity contribution in [1.82, 2.24) is 0 Å². The molecule has 0 aromatic rings. The summed E-state index contributed by atoms with van der Waals surface area (Å²) in [5, 5.41) is 0. The molecule has 0 bridgehead atoms. The van der Waals surface area contributed by atoms with E-state index in [-0.39, 0.29) is 5.41 Å². The Morgan fingerprint density at radius 2 is 1.53 bits per heavy atom. The molecule has 0 atom stereocenters. The molecule has 1 rings (SSSR count). The van der Waals surface area contributed by atoms with Crippen molar-refractivity contribution in [2.45, 2.75) is 78.1 Å². The number of ketones is 1. The SMILES string of the molecule is CCCCCC1(CCCCC)CCC1=O. The number of unbranched alkanes of at least 4 members (excludes halogenated alkanes) is 4. The van der Waals surface area contributed by atoms with Crippen LogP contribution in [-0.4, -0.2) is 5.78 Å². The third-order valence-electron chi connectivity index (χ3n) is 3.94. The fraction of sp³-hybridized carbons (Fsp3) is 0.929. The van der Waals surface area contributed by atoms with Crippen molar-refractivity contribution in [2.75, 3.05) is 0 Å². The lowest BCUT2D eigenvalue weighted by molar-refractivity contribution is -0.139. The molecular formula is C14H26O. The first-order valence-corrected chi connectivity index (χ1v) is 6.78. The van der Waals surface area contributed by atoms with Crippen LogP contribution in [0.2, 0.25) is 0 Å². The topological polar surface area (TPSA) is 17.1 Å². The molecule has 0 N–H and O–H groups in total. The molecule has 1 nitrogen and oxygen atoms in total. The molecule has 1 aliphatic carbocycles. The minimum Gasteiger partial charge on any atom is -0.299 e. The van der Waals surface area contributed by atoms with E-state index in [2.05, 4.69) is 13.8 Å². The molecule has 1 fully saturated rings. The summed E-state index contributed by atoms with van der Waals surface area (Å²) < 4.78 is 0. The van der Waals surface area contributed by atoms with Gasteiger partial charge in [-0.15, -0.1) is 0 Å². The molecule has 0 unspecified atom stereocenters. The van der Waals surface area contributed by atoms with Crippen LogP contribution in [0, 0.1) is 5.41 Å². The zero-order chi connectivity index (χ0) is 11.1. The standard InChI is InChI=1S/C14H26O/c1-3-5-7-10-14(11-8-6-4-2)12-9-13(14)15/h3-12H2,1-2H3. The molecule has 1 aliphatic rings. The molecule has 0 aromatic carbocycles. The number of rotatable bonds is 8. The Hall–Kier alpha value is -0.330. The fourth-order valence-corrected chi connectivity index (χ4v) is 2.66. The first kappa shape index (κ1) is 12.7. The molecule has 0 saturated heterocycles. The van der Waals surface area contributed by atoms with Crippen molar-refractivity contribution in [3.05, 3.63) is 0 Å². The van der Waals surface area contributed by atoms with Crippen molar-refractivity contribution in [1.29, 1.82) is 0 Å². The van der Waals surface area contributed by atoms with Crippen molar-refractivity contribution < 1.29 is 4.79 Å². The Morgan fingerprint density at radius 3 is 1.80 bits per heavy atom. The van der Waals surface area contributed by atoms with Gasteiger partial charge in [0.25, 0.3) is 0 Å². The van der Waals surface area contributed by atoms with E-state index in [1.165, 1.54) is 57.8 Å². The Morgan fingerprint density at radius 1 is 1.00 bits per heavy atom. The third kappa shape index (κ3) is 3.32. The van der Waals surface area contributed by atoms with Gasteiger partial charge in [0.15, 0.2) is 0 Å². The zero-order valence-corrected chi connectivity index (χ0v) is 10.5. The van der Waals surface area contributed by atoms with Crippen LogP contribution in [0.4, 0.5) is 0 Å². The van der Waals surface area contributed by atoms with Crippen molar-refractivity contribution in [2.24, 2.45) is 5.41 Å². The average Bonchev–Trinajstić information content (AvgIpc) is 2.25. The normalized spacial score (nSPS) is 18.9. The Bertz CT molecular complexity index is 186. The van der Waals surface area contributed by atoms with Crippen LogP contribution in [0.5, 0.6) is 0 Å². The van der Waals surface area contributed by atoms with Crippen molar-refractivity contribution in [3.63, 3.8) is 0 Å². The van der Waals surface area contributed by atoms with Gasteiger partial charge >= 0.3 is 0 Å². The lowest BCUT2D eigenvalue weighted by atomic mass is 9.62. The maximum atomic E-state index is 11.7. The molecule has 0 aliphatic heterocycles. The smallest absolute Gasteiger partial charge is 0.139 e. The first-order valence-electron chi connectivity index (χ1n) is 6.78. The third-order valence-corrected chi connectivity index (χ3v) is 3.94. The lowest BCUT2D eigenvalue weighted by Gasteiger charge is -2.40. The van der Waals surface area contributed by atoms with Gasteiger partial charge in [0, 0.05) is 11.8 Å². The summed E-state index contributed by atoms with van der Waals surface area (Å²) in [6.07, 6.45) is 12.0. The fourth-order valence-electron chi connectivity index (χ4n) is 2.66. The maximum absolute atomic E-state index is 11.7. The summed E-state index contributed by atoms with van der Waals surface area (Å²) in [4.78, 5) is 11.7. The van der Waals surface area contributed by atoms with E-state index in [0.29, 0.717) is 5.78 Å². The first-order chi connectivity index (χ1) is 7.25. The zero-order valence-electron chi connectivity index (χ0n) is 10.5. The van der Waals surface area contributed by atoms with Gasteiger partial charge in [0.05, 0.1) is 0 Å². The van der Waals surface area contributed by atoms with Gasteiger partial charge in [-0.2, -0.15) is 0 Å². The molecule has 15 heavy (non-hydrogen) atoms. The van der Waals surface area contributed by atoms with E-state index in [1.54, 1.807) is 0 Å². The van der Waals surface area contributed by atoms with E-state index in [4.69, 9.17) is 0 Å². The molecule has 0 radical (unpaired) electrons. The molecule has 0 spiro atoms. The number of carbonyl (C=O) groups is 1. The molecular weight excluding hydrogens is 184 g/mol. The monoisotopic (exact) mass is 210 g/mol. The summed E-state index contributed by atoms with van der Waals surface area (Å²) in [6, 6.07) is 0. The molecule has 0 heterocycles. The highest BCUT2D eigenvalue weighted by Gasteiger charge is 2.43. The van der Waals surface area contributed by atoms with Crippen molar-refractivity contribution in [3.8, 4) is 0 Å². The minimum atomic E-state index is 0.143. The summed E-state index contributed by atoms with van der Waals surface area (Å²) in [5.74, 6) is 0.565. The number of hydrogen-bond donors (Lipinski definition) is 0. The van der Waals surface area contributed by atoms with Crippen LogP contribution < -0.4 is 0 Å². The molecule has 88 valence electrons. The van der Waals surface area contributed by atoms with E-state index < -0.39 is 0 Å². The van der Waals surface area contributed by atoms with Crippen molar-refractivity contribution >= 4 is 5.78 Å². The molecule has 1 heteroatoms. The van der Waals surface area contributed by atoms with E-state index >= 15 is 0 Å². The molecule has 0 amide bonds. The van der Waals surface area contributed by atoms with Gasteiger partial charge in [0.2, 0.25) is 0 Å². The van der Waals surface area contributed by atoms with Gasteiger partial charge in [0.1, 0.15) is 5.78 Å².